The van der Waals surface area contributed by atoms with Crippen LogP contribution in [0, 0.1) is 0 Å². The van der Waals surface area contributed by atoms with Gasteiger partial charge in [0.2, 0.25) is 0 Å². The van der Waals surface area contributed by atoms with Gasteiger partial charge in [0, 0.05) is 0 Å². The molecule has 0 aliphatic heterocycles. The molecule has 0 heterocycles. The minimum absolute atomic E-state index is 0. The average molecular weight is 234 g/mol. The quantitative estimate of drug-likeness (QED) is 0.592. The SMILES string of the molecule is O=S(O)c1ccc(C(F)(F)F)cc1.[NaH]. The molecule has 0 amide bonds. The minimum atomic E-state index is -4.41. The van der Waals surface area contributed by atoms with E-state index in [0.717, 1.165) is 24.3 Å². The second kappa shape index (κ2) is 5.27. The first-order chi connectivity index (χ1) is 5.91. The van der Waals surface area contributed by atoms with Crippen molar-refractivity contribution in [2.45, 2.75) is 11.1 Å². The number of hydrogen-bond donors (Lipinski definition) is 1. The van der Waals surface area contributed by atoms with Gasteiger partial charge < -0.3 is 4.55 Å². The molecule has 2 nitrogen and oxygen atoms in total. The zero-order valence-electron chi connectivity index (χ0n) is 6.21. The van der Waals surface area contributed by atoms with Gasteiger partial charge in [0.05, 0.1) is 10.5 Å². The molecule has 1 N–H and O–H groups in total. The van der Waals surface area contributed by atoms with Gasteiger partial charge in [-0.15, -0.1) is 0 Å². The van der Waals surface area contributed by atoms with Crippen LogP contribution < -0.4 is 0 Å². The predicted molar refractivity (Wildman–Crippen MR) is 47.6 cm³/mol. The van der Waals surface area contributed by atoms with Crippen LogP contribution in [0.2, 0.25) is 0 Å². The Balaban J connectivity index is 0.00000169. The summed E-state index contributed by atoms with van der Waals surface area (Å²) in [5.41, 5.74) is -0.832. The van der Waals surface area contributed by atoms with Crippen LogP contribution in [0.4, 0.5) is 13.2 Å². The molecule has 0 aromatic heterocycles. The van der Waals surface area contributed by atoms with E-state index in [9.17, 15) is 17.4 Å². The molecule has 0 aliphatic carbocycles. The van der Waals surface area contributed by atoms with E-state index in [4.69, 9.17) is 4.55 Å². The molecule has 14 heavy (non-hydrogen) atoms. The topological polar surface area (TPSA) is 37.3 Å². The second-order valence-corrected chi connectivity index (χ2v) is 3.24. The van der Waals surface area contributed by atoms with Crippen molar-refractivity contribution in [3.63, 3.8) is 0 Å². The summed E-state index contributed by atoms with van der Waals surface area (Å²) in [5.74, 6) is 0. The van der Waals surface area contributed by atoms with Crippen molar-refractivity contribution in [1.82, 2.24) is 0 Å². The third-order valence-electron chi connectivity index (χ3n) is 1.38. The summed E-state index contributed by atoms with van der Waals surface area (Å²) in [6.45, 7) is 0. The summed E-state index contributed by atoms with van der Waals surface area (Å²) >= 11 is -2.23. The summed E-state index contributed by atoms with van der Waals surface area (Å²) in [7, 11) is 0. The van der Waals surface area contributed by atoms with Crippen LogP contribution in [0.5, 0.6) is 0 Å². The molecular formula is C7H6F3NaO2S. The van der Waals surface area contributed by atoms with E-state index in [1.165, 1.54) is 0 Å². The third kappa shape index (κ3) is 3.70. The first-order valence-corrected chi connectivity index (χ1v) is 4.30. The van der Waals surface area contributed by atoms with E-state index in [0.29, 0.717) is 0 Å². The van der Waals surface area contributed by atoms with E-state index in [1.807, 2.05) is 0 Å². The fourth-order valence-electron chi connectivity index (χ4n) is 0.760. The Labute approximate surface area is 103 Å². The van der Waals surface area contributed by atoms with Crippen LogP contribution in [0.3, 0.4) is 0 Å². The molecule has 1 unspecified atom stereocenters. The monoisotopic (exact) mass is 234 g/mol. The van der Waals surface area contributed by atoms with Crippen molar-refractivity contribution in [1.29, 1.82) is 0 Å². The van der Waals surface area contributed by atoms with E-state index in [2.05, 4.69) is 0 Å². The van der Waals surface area contributed by atoms with E-state index in [1.54, 1.807) is 0 Å². The fourth-order valence-corrected chi connectivity index (χ4v) is 1.13. The first kappa shape index (κ1) is 14.1. The fraction of sp³-hybridized carbons (Fsp3) is 0.143. The number of rotatable bonds is 1. The van der Waals surface area contributed by atoms with Crippen molar-refractivity contribution >= 4 is 40.6 Å². The second-order valence-electron chi connectivity index (χ2n) is 2.27. The van der Waals surface area contributed by atoms with Gasteiger partial charge in [0.1, 0.15) is 0 Å². The van der Waals surface area contributed by atoms with Crippen molar-refractivity contribution in [3.05, 3.63) is 29.8 Å². The number of benzene rings is 1. The maximum atomic E-state index is 12.0. The van der Waals surface area contributed by atoms with Crippen LogP contribution in [-0.2, 0) is 17.3 Å². The van der Waals surface area contributed by atoms with E-state index >= 15 is 0 Å². The summed E-state index contributed by atoms with van der Waals surface area (Å²) in [5, 5.41) is 0. The Hall–Kier alpha value is 0.120. The summed E-state index contributed by atoms with van der Waals surface area (Å²) in [6.07, 6.45) is -4.41. The van der Waals surface area contributed by atoms with Crippen LogP contribution >= 0.6 is 0 Å². The molecule has 0 aliphatic rings. The van der Waals surface area contributed by atoms with Crippen LogP contribution in [-0.4, -0.2) is 38.3 Å². The van der Waals surface area contributed by atoms with Gasteiger partial charge in [-0.3, -0.25) is 0 Å². The molecule has 0 fully saturated rings. The standard InChI is InChI=1S/C7H5F3O2S.Na.H/c8-7(9,10)5-1-3-6(4-2-5)13(11)12;;/h1-4H,(H,11,12);;. The predicted octanol–water partition coefficient (Wildman–Crippen LogP) is 1.64. The zero-order chi connectivity index (χ0) is 10.1. The molecular weight excluding hydrogens is 228 g/mol. The molecule has 0 saturated heterocycles. The zero-order valence-corrected chi connectivity index (χ0v) is 7.02. The van der Waals surface area contributed by atoms with Gasteiger partial charge in [0.25, 0.3) is 0 Å². The van der Waals surface area contributed by atoms with Crippen LogP contribution in [0.1, 0.15) is 5.56 Å². The van der Waals surface area contributed by atoms with Gasteiger partial charge in [-0.2, -0.15) is 13.2 Å². The van der Waals surface area contributed by atoms with Gasteiger partial charge in [-0.1, -0.05) is 0 Å². The average Bonchev–Trinajstić information content (AvgIpc) is 2.03. The summed E-state index contributed by atoms with van der Waals surface area (Å²) in [6, 6.07) is 3.48. The number of hydrogen-bond acceptors (Lipinski definition) is 1. The van der Waals surface area contributed by atoms with Crippen LogP contribution in [0.15, 0.2) is 29.2 Å². The molecule has 0 spiro atoms. The van der Waals surface area contributed by atoms with E-state index in [-0.39, 0.29) is 34.5 Å². The van der Waals surface area contributed by atoms with Crippen molar-refractivity contribution in [2.75, 3.05) is 0 Å². The van der Waals surface area contributed by atoms with Gasteiger partial charge in [0.15, 0.2) is 11.1 Å². The maximum absolute atomic E-state index is 12.0. The Morgan fingerprint density at radius 2 is 1.57 bits per heavy atom. The third-order valence-corrected chi connectivity index (χ3v) is 2.06. The summed E-state index contributed by atoms with van der Waals surface area (Å²) in [4.78, 5) is -0.0481. The van der Waals surface area contributed by atoms with Gasteiger partial charge in [-0.05, 0) is 24.3 Å². The summed E-state index contributed by atoms with van der Waals surface area (Å²) < 4.78 is 54.8. The Morgan fingerprint density at radius 1 is 1.14 bits per heavy atom. The van der Waals surface area contributed by atoms with Crippen molar-refractivity contribution in [3.8, 4) is 0 Å². The molecule has 1 rings (SSSR count). The normalized spacial score (nSPS) is 13.1. The molecule has 1 aromatic carbocycles. The molecule has 74 valence electrons. The van der Waals surface area contributed by atoms with Gasteiger partial charge in [-0.25, -0.2) is 4.21 Å². The first-order valence-electron chi connectivity index (χ1n) is 3.19. The Kier molecular flexibility index (Phi) is 5.32. The molecule has 1 aromatic rings. The van der Waals surface area contributed by atoms with Crippen molar-refractivity contribution < 1.29 is 21.9 Å². The molecule has 7 heteroatoms. The molecule has 1 atom stereocenters. The molecule has 0 saturated carbocycles. The number of alkyl halides is 3. The van der Waals surface area contributed by atoms with E-state index < -0.39 is 22.8 Å². The van der Waals surface area contributed by atoms with Crippen molar-refractivity contribution in [2.24, 2.45) is 0 Å². The van der Waals surface area contributed by atoms with Gasteiger partial charge >= 0.3 is 35.7 Å². The van der Waals surface area contributed by atoms with Crippen LogP contribution in [0.25, 0.3) is 0 Å². The molecule has 0 bridgehead atoms. The Morgan fingerprint density at radius 3 is 1.86 bits per heavy atom. The molecule has 0 radical (unpaired) electrons. The number of halogens is 3. The Bertz CT molecular complexity index is 323.